The van der Waals surface area contributed by atoms with Crippen molar-refractivity contribution in [3.05, 3.63) is 63.1 Å². The molecule has 0 heterocycles. The van der Waals surface area contributed by atoms with Gasteiger partial charge in [-0.25, -0.2) is 4.79 Å². The van der Waals surface area contributed by atoms with Gasteiger partial charge >= 0.3 is 5.97 Å². The van der Waals surface area contributed by atoms with Gasteiger partial charge in [0.25, 0.3) is 5.91 Å². The average Bonchev–Trinajstić information content (AvgIpc) is 2.58. The average molecular weight is 380 g/mol. The molecule has 0 fully saturated rings. The van der Waals surface area contributed by atoms with Gasteiger partial charge in [0.15, 0.2) is 6.10 Å². The van der Waals surface area contributed by atoms with Gasteiger partial charge in [0.2, 0.25) is 0 Å². The molecular formula is C19H19Cl2NO3. The Morgan fingerprint density at radius 2 is 1.88 bits per heavy atom. The molecular weight excluding hydrogens is 361 g/mol. The van der Waals surface area contributed by atoms with E-state index in [2.05, 4.69) is 5.32 Å². The fraction of sp³-hybridized carbons (Fsp3) is 0.263. The molecule has 0 radical (unpaired) electrons. The molecule has 2 aromatic rings. The number of amides is 1. The van der Waals surface area contributed by atoms with Crippen LogP contribution in [0.4, 0.5) is 5.69 Å². The Morgan fingerprint density at radius 1 is 1.16 bits per heavy atom. The molecule has 0 bridgehead atoms. The van der Waals surface area contributed by atoms with Gasteiger partial charge < -0.3 is 10.1 Å². The van der Waals surface area contributed by atoms with Crippen molar-refractivity contribution < 1.29 is 14.3 Å². The first-order chi connectivity index (χ1) is 11.8. The lowest BCUT2D eigenvalue weighted by Crippen LogP contribution is -2.30. The minimum absolute atomic E-state index is 0.235. The summed E-state index contributed by atoms with van der Waals surface area (Å²) in [5.41, 5.74) is 2.97. The molecule has 0 saturated heterocycles. The van der Waals surface area contributed by atoms with Crippen LogP contribution in [0.15, 0.2) is 36.4 Å². The molecule has 4 nitrogen and oxygen atoms in total. The minimum atomic E-state index is -0.953. The van der Waals surface area contributed by atoms with E-state index >= 15 is 0 Å². The fourth-order valence-corrected chi connectivity index (χ4v) is 2.63. The van der Waals surface area contributed by atoms with Gasteiger partial charge in [0.05, 0.1) is 15.6 Å². The zero-order chi connectivity index (χ0) is 18.6. The van der Waals surface area contributed by atoms with E-state index in [0.29, 0.717) is 5.02 Å². The summed E-state index contributed by atoms with van der Waals surface area (Å²) in [4.78, 5) is 24.5. The normalized spacial score (nSPS) is 11.7. The Balaban J connectivity index is 2.08. The fourth-order valence-electron chi connectivity index (χ4n) is 2.33. The number of carbonyl (C=O) groups excluding carboxylic acids is 2. The number of hydrogen-bond acceptors (Lipinski definition) is 3. The van der Waals surface area contributed by atoms with Crippen molar-refractivity contribution in [2.24, 2.45) is 0 Å². The summed E-state index contributed by atoms with van der Waals surface area (Å²) in [6.45, 7) is 5.45. The Labute approximate surface area is 157 Å². The van der Waals surface area contributed by atoms with E-state index in [-0.39, 0.29) is 10.6 Å². The number of hydrogen-bond donors (Lipinski definition) is 1. The van der Waals surface area contributed by atoms with Gasteiger partial charge in [-0.15, -0.1) is 0 Å². The van der Waals surface area contributed by atoms with E-state index in [0.717, 1.165) is 23.2 Å². The third-order valence-electron chi connectivity index (χ3n) is 3.80. The van der Waals surface area contributed by atoms with Gasteiger partial charge in [-0.1, -0.05) is 48.3 Å². The molecule has 1 unspecified atom stereocenters. The lowest BCUT2D eigenvalue weighted by Gasteiger charge is -2.17. The Bertz CT molecular complexity index is 805. The quantitative estimate of drug-likeness (QED) is 0.739. The second kappa shape index (κ2) is 8.37. The van der Waals surface area contributed by atoms with Crippen molar-refractivity contribution in [2.45, 2.75) is 33.3 Å². The van der Waals surface area contributed by atoms with E-state index in [9.17, 15) is 9.59 Å². The van der Waals surface area contributed by atoms with Gasteiger partial charge in [-0.2, -0.15) is 0 Å². The summed E-state index contributed by atoms with van der Waals surface area (Å²) in [5, 5.41) is 3.44. The molecule has 0 aliphatic rings. The molecule has 1 atom stereocenters. The number of carbonyl (C=O) groups is 2. The molecule has 0 spiro atoms. The predicted molar refractivity (Wildman–Crippen MR) is 101 cm³/mol. The van der Waals surface area contributed by atoms with Crippen LogP contribution in [0.25, 0.3) is 0 Å². The highest BCUT2D eigenvalue weighted by Crippen LogP contribution is 2.24. The second-order valence-corrected chi connectivity index (χ2v) is 6.44. The molecule has 0 aliphatic heterocycles. The molecule has 132 valence electrons. The summed E-state index contributed by atoms with van der Waals surface area (Å²) < 4.78 is 5.23. The molecule has 25 heavy (non-hydrogen) atoms. The minimum Gasteiger partial charge on any atom is -0.449 e. The van der Waals surface area contributed by atoms with Crippen LogP contribution in [0.1, 0.15) is 35.3 Å². The number of nitrogens with one attached hydrogen (secondary N) is 1. The first-order valence-corrected chi connectivity index (χ1v) is 8.64. The molecule has 2 rings (SSSR count). The maximum Gasteiger partial charge on any atom is 0.338 e. The smallest absolute Gasteiger partial charge is 0.338 e. The maximum absolute atomic E-state index is 12.4. The number of esters is 1. The van der Waals surface area contributed by atoms with Crippen LogP contribution in [0.5, 0.6) is 0 Å². The SMILES string of the molecule is CCc1cccc(C)c1NC(=O)C(C)OC(=O)c1ccc(Cl)c(Cl)c1. The molecule has 0 aliphatic carbocycles. The lowest BCUT2D eigenvalue weighted by molar-refractivity contribution is -0.123. The van der Waals surface area contributed by atoms with Crippen LogP contribution >= 0.6 is 23.2 Å². The van der Waals surface area contributed by atoms with Crippen LogP contribution < -0.4 is 5.32 Å². The van der Waals surface area contributed by atoms with Crippen molar-refractivity contribution in [1.82, 2.24) is 0 Å². The number of rotatable bonds is 5. The summed E-state index contributed by atoms with van der Waals surface area (Å²) in [5.74, 6) is -1.03. The van der Waals surface area contributed by atoms with Crippen molar-refractivity contribution >= 4 is 40.8 Å². The Kier molecular flexibility index (Phi) is 6.45. The van der Waals surface area contributed by atoms with Crippen molar-refractivity contribution in [2.75, 3.05) is 5.32 Å². The summed E-state index contributed by atoms with van der Waals surface area (Å²) in [6.07, 6.45) is -0.166. The molecule has 6 heteroatoms. The third-order valence-corrected chi connectivity index (χ3v) is 4.54. The summed E-state index contributed by atoms with van der Waals surface area (Å²) in [7, 11) is 0. The second-order valence-electron chi connectivity index (χ2n) is 5.63. The zero-order valence-corrected chi connectivity index (χ0v) is 15.7. The van der Waals surface area contributed by atoms with Gasteiger partial charge in [-0.3, -0.25) is 4.79 Å². The lowest BCUT2D eigenvalue weighted by atomic mass is 10.1. The number of ether oxygens (including phenoxy) is 1. The first kappa shape index (κ1) is 19.3. The monoisotopic (exact) mass is 379 g/mol. The topological polar surface area (TPSA) is 55.4 Å². The van der Waals surface area contributed by atoms with Crippen LogP contribution in [-0.4, -0.2) is 18.0 Å². The van der Waals surface area contributed by atoms with Gasteiger partial charge in [0, 0.05) is 5.69 Å². The highest BCUT2D eigenvalue weighted by molar-refractivity contribution is 6.42. The number of para-hydroxylation sites is 1. The predicted octanol–water partition coefficient (Wildman–Crippen LogP) is 5.05. The molecule has 0 saturated carbocycles. The third kappa shape index (κ3) is 4.74. The van der Waals surface area contributed by atoms with E-state index in [1.165, 1.54) is 25.1 Å². The Morgan fingerprint density at radius 3 is 2.52 bits per heavy atom. The number of benzene rings is 2. The van der Waals surface area contributed by atoms with Crippen LogP contribution in [0.2, 0.25) is 10.0 Å². The number of aryl methyl sites for hydroxylation is 2. The molecule has 0 aromatic heterocycles. The Hall–Kier alpha value is -2.04. The van der Waals surface area contributed by atoms with E-state index in [1.54, 1.807) is 0 Å². The van der Waals surface area contributed by atoms with Crippen molar-refractivity contribution in [3.8, 4) is 0 Å². The highest BCUT2D eigenvalue weighted by Gasteiger charge is 2.21. The van der Waals surface area contributed by atoms with E-state index in [4.69, 9.17) is 27.9 Å². The van der Waals surface area contributed by atoms with Gasteiger partial charge in [-0.05, 0) is 49.6 Å². The zero-order valence-electron chi connectivity index (χ0n) is 14.2. The molecule has 2 aromatic carbocycles. The van der Waals surface area contributed by atoms with Crippen molar-refractivity contribution in [1.29, 1.82) is 0 Å². The van der Waals surface area contributed by atoms with Crippen LogP contribution in [-0.2, 0) is 16.0 Å². The van der Waals surface area contributed by atoms with Crippen molar-refractivity contribution in [3.63, 3.8) is 0 Å². The van der Waals surface area contributed by atoms with Crippen LogP contribution in [0.3, 0.4) is 0 Å². The standard InChI is InChI=1S/C19H19Cl2NO3/c1-4-13-7-5-6-11(2)17(13)22-18(23)12(3)25-19(24)14-8-9-15(20)16(21)10-14/h5-10,12H,4H2,1-3H3,(H,22,23). The number of halogens is 2. The largest absolute Gasteiger partial charge is 0.449 e. The van der Waals surface area contributed by atoms with Crippen LogP contribution in [0, 0.1) is 6.92 Å². The molecule has 1 N–H and O–H groups in total. The maximum atomic E-state index is 12.4. The number of anilines is 1. The first-order valence-electron chi connectivity index (χ1n) is 7.88. The van der Waals surface area contributed by atoms with E-state index in [1.807, 2.05) is 32.0 Å². The highest BCUT2D eigenvalue weighted by atomic mass is 35.5. The molecule has 1 amide bonds. The van der Waals surface area contributed by atoms with Gasteiger partial charge in [0.1, 0.15) is 0 Å². The summed E-state index contributed by atoms with van der Waals surface area (Å²) in [6, 6.07) is 10.2. The summed E-state index contributed by atoms with van der Waals surface area (Å²) >= 11 is 11.7. The van der Waals surface area contributed by atoms with E-state index < -0.39 is 18.0 Å².